The highest BCUT2D eigenvalue weighted by atomic mass is 31.2. The van der Waals surface area contributed by atoms with Gasteiger partial charge in [0.2, 0.25) is 0 Å². The Morgan fingerprint density at radius 1 is 0.421 bits per heavy atom. The second kappa shape index (κ2) is 13.4. The molecule has 0 amide bonds. The first-order chi connectivity index (χ1) is 9.24. The van der Waals surface area contributed by atoms with E-state index in [0.717, 1.165) is 0 Å². The summed E-state index contributed by atoms with van der Waals surface area (Å²) in [5, 5.41) is 0. The Balaban J connectivity index is 4.44. The van der Waals surface area contributed by atoms with E-state index in [1.54, 1.807) is 24.6 Å². The quantitative estimate of drug-likeness (QED) is 0.239. The smallest absolute Gasteiger partial charge is 0.0594 e. The Morgan fingerprint density at radius 3 is 1.05 bits per heavy atom. The van der Waals surface area contributed by atoms with Crippen LogP contribution in [0.2, 0.25) is 0 Å². The third-order valence-electron chi connectivity index (χ3n) is 4.44. The molecule has 0 aliphatic carbocycles. The van der Waals surface area contributed by atoms with E-state index in [-0.39, 0.29) is 0 Å². The maximum Gasteiger partial charge on any atom is 0.0594 e. The molecule has 0 radical (unpaired) electrons. The van der Waals surface area contributed by atoms with Crippen molar-refractivity contribution in [3.05, 3.63) is 0 Å². The molecule has 0 aromatic rings. The molecular formula is C18H40P+. The average molecular weight is 287 g/mol. The van der Waals surface area contributed by atoms with Gasteiger partial charge in [0.05, 0.1) is 24.6 Å². The summed E-state index contributed by atoms with van der Waals surface area (Å²) in [4.78, 5) is 0. The number of unbranched alkanes of at least 4 members (excludes halogenated alkanes) is 6. The Morgan fingerprint density at radius 2 is 0.737 bits per heavy atom. The first kappa shape index (κ1) is 19.4. The molecular weight excluding hydrogens is 247 g/mol. The highest BCUT2D eigenvalue weighted by Gasteiger charge is 2.34. The predicted molar refractivity (Wildman–Crippen MR) is 95.3 cm³/mol. The van der Waals surface area contributed by atoms with Crippen molar-refractivity contribution >= 4 is 7.26 Å². The number of hydrogen-bond acceptors (Lipinski definition) is 0. The van der Waals surface area contributed by atoms with Gasteiger partial charge in [-0.15, -0.1) is 0 Å². The van der Waals surface area contributed by atoms with Crippen molar-refractivity contribution < 1.29 is 0 Å². The van der Waals surface area contributed by atoms with Crippen molar-refractivity contribution in [3.8, 4) is 0 Å². The van der Waals surface area contributed by atoms with E-state index < -0.39 is 7.26 Å². The van der Waals surface area contributed by atoms with Gasteiger partial charge in [-0.25, -0.2) is 0 Å². The molecule has 0 atom stereocenters. The van der Waals surface area contributed by atoms with E-state index in [2.05, 4.69) is 27.7 Å². The fraction of sp³-hybridized carbons (Fsp3) is 1.00. The topological polar surface area (TPSA) is 0 Å². The Kier molecular flexibility index (Phi) is 13.7. The highest BCUT2D eigenvalue weighted by molar-refractivity contribution is 7.75. The third-order valence-corrected chi connectivity index (χ3v) is 9.50. The van der Waals surface area contributed by atoms with Crippen LogP contribution in [0.5, 0.6) is 0 Å². The Hall–Kier alpha value is 0.430. The first-order valence-corrected chi connectivity index (χ1v) is 11.6. The van der Waals surface area contributed by atoms with Gasteiger partial charge in [0, 0.05) is 7.26 Å². The molecule has 0 spiro atoms. The van der Waals surface area contributed by atoms with Crippen molar-refractivity contribution in [3.63, 3.8) is 0 Å². The van der Waals surface area contributed by atoms with Gasteiger partial charge in [-0.05, 0) is 25.7 Å². The number of rotatable bonds is 14. The lowest BCUT2D eigenvalue weighted by atomic mass is 10.3. The summed E-state index contributed by atoms with van der Waals surface area (Å²) in [5.41, 5.74) is 0. The lowest BCUT2D eigenvalue weighted by molar-refractivity contribution is 0.747. The molecule has 0 aliphatic heterocycles. The molecule has 0 rings (SSSR count). The standard InChI is InChI=1S/C18H40P/c1-5-9-13-17-19(15-11-7-3,16-12-8-4)18-14-10-6-2/h5-18H2,1-4H3/q+1. The summed E-state index contributed by atoms with van der Waals surface area (Å²) in [7, 11) is -0.589. The van der Waals surface area contributed by atoms with Gasteiger partial charge in [-0.3, -0.25) is 0 Å². The van der Waals surface area contributed by atoms with Crippen molar-refractivity contribution in [1.29, 1.82) is 0 Å². The molecule has 0 saturated heterocycles. The molecule has 0 aromatic heterocycles. The van der Waals surface area contributed by atoms with Gasteiger partial charge < -0.3 is 0 Å². The first-order valence-electron chi connectivity index (χ1n) is 9.09. The largest absolute Gasteiger partial charge is 0.0654 e. The molecule has 1 heteroatoms. The lowest BCUT2D eigenvalue weighted by Crippen LogP contribution is -2.13. The maximum absolute atomic E-state index is 2.37. The normalized spacial score (nSPS) is 12.0. The summed E-state index contributed by atoms with van der Waals surface area (Å²) in [6.45, 7) is 9.42. The van der Waals surface area contributed by atoms with Crippen LogP contribution in [0.3, 0.4) is 0 Å². The summed E-state index contributed by atoms with van der Waals surface area (Å²) in [6, 6.07) is 0. The third kappa shape index (κ3) is 9.89. The van der Waals surface area contributed by atoms with Gasteiger partial charge in [0.15, 0.2) is 0 Å². The molecule has 0 fully saturated rings. The van der Waals surface area contributed by atoms with Crippen LogP contribution in [-0.4, -0.2) is 24.6 Å². The van der Waals surface area contributed by atoms with E-state index >= 15 is 0 Å². The van der Waals surface area contributed by atoms with Crippen molar-refractivity contribution in [1.82, 2.24) is 0 Å². The zero-order valence-corrected chi connectivity index (χ0v) is 15.2. The maximum atomic E-state index is 2.37. The summed E-state index contributed by atoms with van der Waals surface area (Å²) < 4.78 is 0. The molecule has 19 heavy (non-hydrogen) atoms. The molecule has 0 bridgehead atoms. The lowest BCUT2D eigenvalue weighted by Gasteiger charge is -2.28. The molecule has 0 heterocycles. The monoisotopic (exact) mass is 287 g/mol. The second-order valence-corrected chi connectivity index (χ2v) is 10.8. The SMILES string of the molecule is CCCCC[P+](CCCC)(CCCC)CCCCC. The van der Waals surface area contributed by atoms with Crippen LogP contribution in [0, 0.1) is 0 Å². The minimum absolute atomic E-state index is 0.589. The van der Waals surface area contributed by atoms with Crippen LogP contribution in [0.4, 0.5) is 0 Å². The van der Waals surface area contributed by atoms with Crippen LogP contribution in [-0.2, 0) is 0 Å². The average Bonchev–Trinajstić information content (AvgIpc) is 2.43. The van der Waals surface area contributed by atoms with Crippen LogP contribution in [0.15, 0.2) is 0 Å². The van der Waals surface area contributed by atoms with Crippen LogP contribution < -0.4 is 0 Å². The van der Waals surface area contributed by atoms with Crippen LogP contribution in [0.25, 0.3) is 0 Å². The van der Waals surface area contributed by atoms with Gasteiger partial charge in [0.25, 0.3) is 0 Å². The van der Waals surface area contributed by atoms with E-state index in [9.17, 15) is 0 Å². The van der Waals surface area contributed by atoms with E-state index in [0.29, 0.717) is 0 Å². The highest BCUT2D eigenvalue weighted by Crippen LogP contribution is 2.61. The van der Waals surface area contributed by atoms with Gasteiger partial charge >= 0.3 is 0 Å². The summed E-state index contributed by atoms with van der Waals surface area (Å²) >= 11 is 0. The minimum atomic E-state index is -0.589. The Labute approximate surface area is 124 Å². The zero-order valence-electron chi connectivity index (χ0n) is 14.3. The molecule has 0 unspecified atom stereocenters. The van der Waals surface area contributed by atoms with Gasteiger partial charge in [-0.2, -0.15) is 0 Å². The van der Waals surface area contributed by atoms with Crippen LogP contribution >= 0.6 is 7.26 Å². The van der Waals surface area contributed by atoms with Crippen molar-refractivity contribution in [2.75, 3.05) is 24.6 Å². The van der Waals surface area contributed by atoms with Crippen molar-refractivity contribution in [2.45, 2.75) is 91.9 Å². The molecule has 0 nitrogen and oxygen atoms in total. The molecule has 0 aliphatic rings. The molecule has 0 N–H and O–H groups in total. The second-order valence-electron chi connectivity index (χ2n) is 6.36. The minimum Gasteiger partial charge on any atom is -0.0654 e. The van der Waals surface area contributed by atoms with Gasteiger partial charge in [-0.1, -0.05) is 66.2 Å². The zero-order chi connectivity index (χ0) is 14.4. The number of hydrogen-bond donors (Lipinski definition) is 0. The Bertz CT molecular complexity index is 157. The summed E-state index contributed by atoms with van der Waals surface area (Å²) in [6.07, 6.45) is 21.0. The fourth-order valence-electron chi connectivity index (χ4n) is 3.05. The molecule has 0 saturated carbocycles. The predicted octanol–water partition coefficient (Wildman–Crippen LogP) is 6.98. The van der Waals surface area contributed by atoms with E-state index in [4.69, 9.17) is 0 Å². The van der Waals surface area contributed by atoms with E-state index in [1.807, 2.05) is 0 Å². The summed E-state index contributed by atoms with van der Waals surface area (Å²) in [5.74, 6) is 0. The molecule has 116 valence electrons. The van der Waals surface area contributed by atoms with Crippen LogP contribution in [0.1, 0.15) is 91.9 Å². The van der Waals surface area contributed by atoms with E-state index in [1.165, 1.54) is 64.2 Å². The van der Waals surface area contributed by atoms with Gasteiger partial charge in [0.1, 0.15) is 0 Å². The van der Waals surface area contributed by atoms with Crippen molar-refractivity contribution in [2.24, 2.45) is 0 Å². The fourth-order valence-corrected chi connectivity index (χ4v) is 8.16. The molecule has 0 aromatic carbocycles.